The topological polar surface area (TPSA) is 58.5 Å². The van der Waals surface area contributed by atoms with Crippen molar-refractivity contribution in [2.24, 2.45) is 4.99 Å². The minimum atomic E-state index is -3.06. The van der Waals surface area contributed by atoms with Gasteiger partial charge in [-0.3, -0.25) is 0 Å². The molecule has 0 spiro atoms. The molecule has 0 saturated heterocycles. The van der Waals surface area contributed by atoms with Crippen molar-refractivity contribution in [2.75, 3.05) is 18.6 Å². The van der Waals surface area contributed by atoms with Crippen molar-refractivity contribution in [2.45, 2.75) is 12.2 Å². The fraction of sp³-hybridized carbons (Fsp3) is 0.417. The van der Waals surface area contributed by atoms with Gasteiger partial charge in [0.2, 0.25) is 10.0 Å². The molecule has 0 radical (unpaired) electrons. The van der Waals surface area contributed by atoms with Gasteiger partial charge >= 0.3 is 0 Å². The number of aliphatic imine (C=N–C) groups is 1. The van der Waals surface area contributed by atoms with Crippen molar-refractivity contribution in [3.05, 3.63) is 29.8 Å². The van der Waals surface area contributed by atoms with Gasteiger partial charge in [0.05, 0.1) is 11.9 Å². The summed E-state index contributed by atoms with van der Waals surface area (Å²) in [6, 6.07) is 8.16. The Morgan fingerprint density at radius 3 is 3.00 bits per heavy atom. The number of rotatable bonds is 5. The average Bonchev–Trinajstić information content (AvgIpc) is 2.37. The summed E-state index contributed by atoms with van der Waals surface area (Å²) in [6.07, 6.45) is 1.98. The van der Waals surface area contributed by atoms with Crippen LogP contribution in [-0.4, -0.2) is 31.3 Å². The Hall–Kier alpha value is -0.500. The normalized spacial score (nSPS) is 14.9. The summed E-state index contributed by atoms with van der Waals surface area (Å²) in [5.74, 6) is 1.83. The van der Waals surface area contributed by atoms with Crippen LogP contribution in [0.25, 0.3) is 0 Å². The standard InChI is InChI=1S/C12H16N2O2S3/c1-19(15,16)13-7-4-8-17-12-14-11-6-3-2-5-10(11)9-18-12/h2-3,5-6,13H,4,7-9H2,1H3. The van der Waals surface area contributed by atoms with E-state index >= 15 is 0 Å². The predicted octanol–water partition coefficient (Wildman–Crippen LogP) is 2.59. The molecule has 19 heavy (non-hydrogen) atoms. The number of nitrogens with one attached hydrogen (secondary N) is 1. The van der Waals surface area contributed by atoms with Crippen LogP contribution in [0, 0.1) is 0 Å². The number of hydrogen-bond donors (Lipinski definition) is 1. The van der Waals surface area contributed by atoms with Gasteiger partial charge in [-0.05, 0) is 18.1 Å². The van der Waals surface area contributed by atoms with Gasteiger partial charge in [-0.2, -0.15) is 0 Å². The number of thioether (sulfide) groups is 2. The first-order valence-corrected chi connectivity index (χ1v) is 9.78. The highest BCUT2D eigenvalue weighted by molar-refractivity contribution is 8.38. The highest BCUT2D eigenvalue weighted by atomic mass is 32.2. The highest BCUT2D eigenvalue weighted by Gasteiger charge is 2.12. The Bertz CT molecular complexity index is 570. The minimum Gasteiger partial charge on any atom is -0.235 e. The molecule has 1 heterocycles. The van der Waals surface area contributed by atoms with Gasteiger partial charge < -0.3 is 0 Å². The zero-order chi connectivity index (χ0) is 13.7. The third-order valence-corrected chi connectivity index (χ3v) is 5.53. The summed E-state index contributed by atoms with van der Waals surface area (Å²) in [5.41, 5.74) is 2.33. The lowest BCUT2D eigenvalue weighted by atomic mass is 10.2. The third kappa shape index (κ3) is 5.18. The fourth-order valence-electron chi connectivity index (χ4n) is 1.58. The average molecular weight is 316 g/mol. The van der Waals surface area contributed by atoms with Crippen molar-refractivity contribution >= 4 is 43.6 Å². The zero-order valence-electron chi connectivity index (χ0n) is 10.6. The van der Waals surface area contributed by atoms with E-state index in [1.807, 2.05) is 18.2 Å². The van der Waals surface area contributed by atoms with Crippen molar-refractivity contribution in [1.82, 2.24) is 4.72 Å². The van der Waals surface area contributed by atoms with E-state index < -0.39 is 10.0 Å². The number of hydrogen-bond acceptors (Lipinski definition) is 5. The van der Waals surface area contributed by atoms with Gasteiger partial charge in [0, 0.05) is 18.1 Å². The largest absolute Gasteiger partial charge is 0.235 e. The summed E-state index contributed by atoms with van der Waals surface area (Å²) < 4.78 is 25.3. The van der Waals surface area contributed by atoms with Crippen molar-refractivity contribution in [3.8, 4) is 0 Å². The second-order valence-corrected chi connectivity index (χ2v) is 8.30. The Morgan fingerprint density at radius 2 is 2.21 bits per heavy atom. The molecule has 0 unspecified atom stereocenters. The summed E-state index contributed by atoms with van der Waals surface area (Å²) in [5, 5.41) is 0. The number of para-hydroxylation sites is 1. The SMILES string of the molecule is CS(=O)(=O)NCCCSC1=Nc2ccccc2CS1. The molecule has 1 aromatic rings. The molecular weight excluding hydrogens is 300 g/mol. The molecular formula is C12H16N2O2S3. The first-order chi connectivity index (χ1) is 9.04. The van der Waals surface area contributed by atoms with Crippen LogP contribution in [-0.2, 0) is 15.8 Å². The maximum Gasteiger partial charge on any atom is 0.208 e. The highest BCUT2D eigenvalue weighted by Crippen LogP contribution is 2.34. The monoisotopic (exact) mass is 316 g/mol. The lowest BCUT2D eigenvalue weighted by molar-refractivity contribution is 0.587. The molecule has 0 amide bonds. The van der Waals surface area contributed by atoms with E-state index in [1.54, 1.807) is 23.5 Å². The van der Waals surface area contributed by atoms with E-state index in [2.05, 4.69) is 15.8 Å². The number of fused-ring (bicyclic) bond motifs is 1. The first kappa shape index (κ1) is 14.9. The molecule has 104 valence electrons. The van der Waals surface area contributed by atoms with Crippen LogP contribution in [0.5, 0.6) is 0 Å². The van der Waals surface area contributed by atoms with E-state index in [-0.39, 0.29) is 0 Å². The Morgan fingerprint density at radius 1 is 1.42 bits per heavy atom. The maximum atomic E-state index is 10.9. The van der Waals surface area contributed by atoms with Crippen LogP contribution in [0.15, 0.2) is 29.3 Å². The fourth-order valence-corrected chi connectivity index (χ4v) is 4.16. The summed E-state index contributed by atoms with van der Waals surface area (Å²) >= 11 is 3.43. The zero-order valence-corrected chi connectivity index (χ0v) is 13.1. The molecule has 0 atom stereocenters. The van der Waals surface area contributed by atoms with Crippen LogP contribution in [0.1, 0.15) is 12.0 Å². The van der Waals surface area contributed by atoms with E-state index in [0.29, 0.717) is 6.54 Å². The Labute approximate surface area is 122 Å². The molecule has 1 aromatic carbocycles. The molecule has 4 nitrogen and oxygen atoms in total. The summed E-state index contributed by atoms with van der Waals surface area (Å²) in [4.78, 5) is 4.60. The smallest absolute Gasteiger partial charge is 0.208 e. The van der Waals surface area contributed by atoms with Crippen molar-refractivity contribution < 1.29 is 8.42 Å². The van der Waals surface area contributed by atoms with E-state index in [4.69, 9.17) is 0 Å². The van der Waals surface area contributed by atoms with E-state index in [9.17, 15) is 8.42 Å². The molecule has 0 fully saturated rings. The quantitative estimate of drug-likeness (QED) is 0.848. The molecule has 0 aromatic heterocycles. The molecule has 0 bridgehead atoms. The molecule has 0 aliphatic carbocycles. The van der Waals surface area contributed by atoms with Crippen LogP contribution in [0.4, 0.5) is 5.69 Å². The Kier molecular flexibility index (Phi) is 5.32. The van der Waals surface area contributed by atoms with Gasteiger partial charge in [-0.25, -0.2) is 18.1 Å². The lowest BCUT2D eigenvalue weighted by Crippen LogP contribution is -2.23. The number of sulfonamides is 1. The molecule has 1 N–H and O–H groups in total. The number of nitrogens with zero attached hydrogens (tertiary/aromatic N) is 1. The molecule has 2 rings (SSSR count). The molecule has 0 saturated carbocycles. The van der Waals surface area contributed by atoms with Crippen molar-refractivity contribution in [1.29, 1.82) is 0 Å². The first-order valence-electron chi connectivity index (χ1n) is 5.91. The molecule has 1 aliphatic rings. The minimum absolute atomic E-state index is 0.486. The van der Waals surface area contributed by atoms with Crippen LogP contribution in [0.3, 0.4) is 0 Å². The molecule has 1 aliphatic heterocycles. The summed E-state index contributed by atoms with van der Waals surface area (Å²) in [6.45, 7) is 0.486. The predicted molar refractivity (Wildman–Crippen MR) is 84.8 cm³/mol. The second-order valence-electron chi connectivity index (χ2n) is 4.16. The van der Waals surface area contributed by atoms with Gasteiger partial charge in [-0.1, -0.05) is 41.7 Å². The number of benzene rings is 1. The lowest BCUT2D eigenvalue weighted by Gasteiger charge is -2.14. The molecule has 7 heteroatoms. The van der Waals surface area contributed by atoms with Gasteiger partial charge in [-0.15, -0.1) is 0 Å². The maximum absolute atomic E-state index is 10.9. The van der Waals surface area contributed by atoms with E-state index in [0.717, 1.165) is 28.0 Å². The van der Waals surface area contributed by atoms with Crippen molar-refractivity contribution in [3.63, 3.8) is 0 Å². The van der Waals surface area contributed by atoms with Crippen LogP contribution < -0.4 is 4.72 Å². The van der Waals surface area contributed by atoms with Gasteiger partial charge in [0.25, 0.3) is 0 Å². The Balaban J connectivity index is 1.77. The summed E-state index contributed by atoms with van der Waals surface area (Å²) in [7, 11) is -3.06. The van der Waals surface area contributed by atoms with Crippen LogP contribution >= 0.6 is 23.5 Å². The second kappa shape index (κ2) is 6.78. The van der Waals surface area contributed by atoms with Crippen LogP contribution in [0.2, 0.25) is 0 Å². The van der Waals surface area contributed by atoms with E-state index in [1.165, 1.54) is 11.8 Å². The van der Waals surface area contributed by atoms with Gasteiger partial charge in [0.1, 0.15) is 4.38 Å². The van der Waals surface area contributed by atoms with Gasteiger partial charge in [0.15, 0.2) is 0 Å². The third-order valence-electron chi connectivity index (χ3n) is 2.47.